The molecule has 0 aliphatic rings. The van der Waals surface area contributed by atoms with Crippen molar-refractivity contribution in [2.45, 2.75) is 25.9 Å². The number of fused-ring (bicyclic) bond motifs is 1. The van der Waals surface area contributed by atoms with Gasteiger partial charge in [0.15, 0.2) is 0 Å². The summed E-state index contributed by atoms with van der Waals surface area (Å²) in [5, 5.41) is 7.39. The van der Waals surface area contributed by atoms with Crippen LogP contribution < -0.4 is 11.1 Å². The fourth-order valence-corrected chi connectivity index (χ4v) is 3.17. The topological polar surface area (TPSA) is 72.9 Å². The minimum Gasteiger partial charge on any atom is -0.397 e. The number of carbonyl (C=O) groups excluding carboxylic acids is 1. The summed E-state index contributed by atoms with van der Waals surface area (Å²) in [6.45, 7) is 1.75. The van der Waals surface area contributed by atoms with Gasteiger partial charge in [-0.15, -0.1) is 11.3 Å². The molecule has 21 heavy (non-hydrogen) atoms. The molecule has 0 saturated heterocycles. The van der Waals surface area contributed by atoms with Crippen molar-refractivity contribution in [3.63, 3.8) is 0 Å². The first-order chi connectivity index (χ1) is 9.70. The Bertz CT molecular complexity index is 674. The molecule has 2 aromatic heterocycles. The van der Waals surface area contributed by atoms with Crippen LogP contribution in [0.3, 0.4) is 0 Å². The van der Waals surface area contributed by atoms with Crippen LogP contribution in [-0.2, 0) is 7.05 Å². The van der Waals surface area contributed by atoms with Gasteiger partial charge in [0.1, 0.15) is 9.71 Å². The van der Waals surface area contributed by atoms with Crippen LogP contribution in [0.5, 0.6) is 0 Å². The maximum Gasteiger partial charge on any atom is 0.389 e. The van der Waals surface area contributed by atoms with Crippen LogP contribution in [0.1, 0.15) is 28.2 Å². The zero-order valence-electron chi connectivity index (χ0n) is 11.5. The maximum absolute atomic E-state index is 12.0. The highest BCUT2D eigenvalue weighted by molar-refractivity contribution is 7.21. The maximum atomic E-state index is 12.0. The van der Waals surface area contributed by atoms with Crippen LogP contribution in [0.2, 0.25) is 0 Å². The van der Waals surface area contributed by atoms with Crippen molar-refractivity contribution >= 4 is 33.1 Å². The lowest BCUT2D eigenvalue weighted by Gasteiger charge is -2.07. The SMILES string of the molecule is Cc1nn(C)c2sc(C(=O)NCCCC(F)(F)F)c(N)c12. The minimum atomic E-state index is -4.20. The number of nitrogens with one attached hydrogen (secondary N) is 1. The number of nitrogen functional groups attached to an aromatic ring is 1. The number of aryl methyl sites for hydroxylation is 2. The molecule has 2 aromatic rings. The number of halogens is 3. The average Bonchev–Trinajstić information content (AvgIpc) is 2.84. The highest BCUT2D eigenvalue weighted by Crippen LogP contribution is 2.35. The Morgan fingerprint density at radius 3 is 2.71 bits per heavy atom. The van der Waals surface area contributed by atoms with Gasteiger partial charge < -0.3 is 11.1 Å². The highest BCUT2D eigenvalue weighted by atomic mass is 32.1. The molecule has 0 bridgehead atoms. The summed E-state index contributed by atoms with van der Waals surface area (Å²) in [5.74, 6) is -0.449. The molecule has 2 heterocycles. The number of aromatic nitrogens is 2. The van der Waals surface area contributed by atoms with E-state index in [1.165, 1.54) is 11.3 Å². The van der Waals surface area contributed by atoms with E-state index >= 15 is 0 Å². The van der Waals surface area contributed by atoms with Crippen molar-refractivity contribution in [3.05, 3.63) is 10.6 Å². The number of alkyl halides is 3. The zero-order valence-corrected chi connectivity index (χ0v) is 12.4. The number of nitrogens with two attached hydrogens (primary N) is 1. The molecule has 0 aliphatic heterocycles. The Balaban J connectivity index is 2.06. The molecule has 0 atom stereocenters. The normalized spacial score (nSPS) is 12.0. The number of rotatable bonds is 4. The van der Waals surface area contributed by atoms with E-state index < -0.39 is 18.5 Å². The first-order valence-corrected chi connectivity index (χ1v) is 7.09. The lowest BCUT2D eigenvalue weighted by molar-refractivity contribution is -0.135. The predicted octanol–water partition coefficient (Wildman–Crippen LogP) is 2.60. The molecule has 3 N–H and O–H groups in total. The molecule has 0 aliphatic carbocycles. The number of carbonyl (C=O) groups is 1. The van der Waals surface area contributed by atoms with Crippen molar-refractivity contribution in [3.8, 4) is 0 Å². The van der Waals surface area contributed by atoms with Gasteiger partial charge in [0.2, 0.25) is 0 Å². The van der Waals surface area contributed by atoms with E-state index in [2.05, 4.69) is 10.4 Å². The quantitative estimate of drug-likeness (QED) is 0.851. The summed E-state index contributed by atoms with van der Waals surface area (Å²) in [5.41, 5.74) is 6.99. The lowest BCUT2D eigenvalue weighted by Crippen LogP contribution is -2.25. The second kappa shape index (κ2) is 5.55. The molecule has 0 radical (unpaired) electrons. The molecule has 9 heteroatoms. The number of amides is 1. The molecule has 0 fully saturated rings. The molecule has 0 saturated carbocycles. The van der Waals surface area contributed by atoms with Gasteiger partial charge in [0, 0.05) is 20.0 Å². The van der Waals surface area contributed by atoms with E-state index in [9.17, 15) is 18.0 Å². The molecule has 0 unspecified atom stereocenters. The van der Waals surface area contributed by atoms with E-state index in [1.54, 1.807) is 18.7 Å². The molecule has 116 valence electrons. The molecular formula is C12H15F3N4OS. The molecule has 1 amide bonds. The molecule has 5 nitrogen and oxygen atoms in total. The van der Waals surface area contributed by atoms with Gasteiger partial charge in [0.05, 0.1) is 16.8 Å². The van der Waals surface area contributed by atoms with Gasteiger partial charge in [-0.25, -0.2) is 0 Å². The van der Waals surface area contributed by atoms with E-state index in [-0.39, 0.29) is 13.0 Å². The van der Waals surface area contributed by atoms with Gasteiger partial charge in [0.25, 0.3) is 5.91 Å². The molecule has 0 spiro atoms. The number of hydrogen-bond acceptors (Lipinski definition) is 4. The Labute approximate surface area is 122 Å². The first-order valence-electron chi connectivity index (χ1n) is 6.27. The summed E-state index contributed by atoms with van der Waals surface area (Å²) in [6.07, 6.45) is -5.27. The van der Waals surface area contributed by atoms with E-state index in [0.29, 0.717) is 10.6 Å². The minimum absolute atomic E-state index is 0.0384. The number of thiophene rings is 1. The van der Waals surface area contributed by atoms with Gasteiger partial charge in [-0.1, -0.05) is 0 Å². The van der Waals surface area contributed by atoms with Crippen molar-refractivity contribution in [2.24, 2.45) is 7.05 Å². The second-order valence-electron chi connectivity index (χ2n) is 4.71. The highest BCUT2D eigenvalue weighted by Gasteiger charge is 2.26. The smallest absolute Gasteiger partial charge is 0.389 e. The number of hydrogen-bond donors (Lipinski definition) is 2. The van der Waals surface area contributed by atoms with Gasteiger partial charge in [-0.3, -0.25) is 9.48 Å². The third-order valence-corrected chi connectivity index (χ3v) is 4.28. The number of anilines is 1. The summed E-state index contributed by atoms with van der Waals surface area (Å²) in [6, 6.07) is 0. The Kier molecular flexibility index (Phi) is 4.13. The largest absolute Gasteiger partial charge is 0.397 e. The Morgan fingerprint density at radius 1 is 1.48 bits per heavy atom. The molecule has 0 aromatic carbocycles. The average molecular weight is 320 g/mol. The molecule has 2 rings (SSSR count). The van der Waals surface area contributed by atoms with Crippen LogP contribution >= 0.6 is 11.3 Å². The summed E-state index contributed by atoms with van der Waals surface area (Å²) >= 11 is 1.18. The van der Waals surface area contributed by atoms with E-state index in [0.717, 1.165) is 15.9 Å². The fraction of sp³-hybridized carbons (Fsp3) is 0.500. The van der Waals surface area contributed by atoms with Crippen LogP contribution in [0.15, 0.2) is 0 Å². The second-order valence-corrected chi connectivity index (χ2v) is 5.71. The van der Waals surface area contributed by atoms with E-state index in [1.807, 2.05) is 0 Å². The standard InChI is InChI=1S/C12H15F3N4OS/c1-6-7-8(16)9(21-11(7)19(2)18-6)10(20)17-5-3-4-12(13,14)15/h3-5,16H2,1-2H3,(H,17,20). The lowest BCUT2D eigenvalue weighted by atomic mass is 10.2. The number of nitrogens with zero attached hydrogens (tertiary/aromatic N) is 2. The van der Waals surface area contributed by atoms with Gasteiger partial charge in [-0.05, 0) is 13.3 Å². The summed E-state index contributed by atoms with van der Waals surface area (Å²) in [7, 11) is 1.75. The van der Waals surface area contributed by atoms with Crippen LogP contribution in [0.4, 0.5) is 18.9 Å². The van der Waals surface area contributed by atoms with Crippen molar-refractivity contribution in [1.82, 2.24) is 15.1 Å². The third kappa shape index (κ3) is 3.29. The van der Waals surface area contributed by atoms with Crippen LogP contribution in [-0.4, -0.2) is 28.4 Å². The fourth-order valence-electron chi connectivity index (χ4n) is 2.07. The van der Waals surface area contributed by atoms with E-state index in [4.69, 9.17) is 5.73 Å². The van der Waals surface area contributed by atoms with Gasteiger partial charge >= 0.3 is 6.18 Å². The summed E-state index contributed by atoms with van der Waals surface area (Å²) in [4.78, 5) is 13.1. The third-order valence-electron chi connectivity index (χ3n) is 3.01. The van der Waals surface area contributed by atoms with Crippen LogP contribution in [0.25, 0.3) is 10.2 Å². The monoisotopic (exact) mass is 320 g/mol. The predicted molar refractivity (Wildman–Crippen MR) is 75.4 cm³/mol. The summed E-state index contributed by atoms with van der Waals surface area (Å²) < 4.78 is 37.7. The van der Waals surface area contributed by atoms with Crippen molar-refractivity contribution < 1.29 is 18.0 Å². The van der Waals surface area contributed by atoms with Gasteiger partial charge in [-0.2, -0.15) is 18.3 Å². The van der Waals surface area contributed by atoms with Crippen LogP contribution in [0, 0.1) is 6.92 Å². The zero-order chi connectivity index (χ0) is 15.8. The van der Waals surface area contributed by atoms with Crippen molar-refractivity contribution in [2.75, 3.05) is 12.3 Å². The Hall–Kier alpha value is -1.77. The molecular weight excluding hydrogens is 305 g/mol. The first kappa shape index (κ1) is 15.6. The van der Waals surface area contributed by atoms with Crippen molar-refractivity contribution in [1.29, 1.82) is 0 Å². The Morgan fingerprint density at radius 2 is 2.14 bits per heavy atom.